The maximum atomic E-state index is 12.5. The standard InChI is InChI=1S/C23H23ClN2O3S/c1-17-7-11-20(24)15-22(17)26-23(27)14-10-18-8-12-21(13-9-18)30(28,29)25-16-19-5-3-2-4-6-19/h2-9,11-13,15,25H,10,14,16H2,1H3,(H,26,27). The lowest BCUT2D eigenvalue weighted by Crippen LogP contribution is -2.23. The van der Waals surface area contributed by atoms with Gasteiger partial charge in [-0.05, 0) is 54.3 Å². The van der Waals surface area contributed by atoms with Crippen molar-refractivity contribution in [3.8, 4) is 0 Å². The van der Waals surface area contributed by atoms with E-state index in [9.17, 15) is 13.2 Å². The Bertz CT molecular complexity index is 1110. The third kappa shape index (κ3) is 6.16. The van der Waals surface area contributed by atoms with E-state index in [4.69, 9.17) is 11.6 Å². The SMILES string of the molecule is Cc1ccc(Cl)cc1NC(=O)CCc1ccc(S(=O)(=O)NCc2ccccc2)cc1. The molecular weight excluding hydrogens is 420 g/mol. The van der Waals surface area contributed by atoms with Crippen molar-refractivity contribution < 1.29 is 13.2 Å². The van der Waals surface area contributed by atoms with E-state index in [1.54, 1.807) is 36.4 Å². The Balaban J connectivity index is 1.55. The number of anilines is 1. The third-order valence-electron chi connectivity index (χ3n) is 4.66. The topological polar surface area (TPSA) is 75.3 Å². The molecule has 0 unspecified atom stereocenters. The van der Waals surface area contributed by atoms with E-state index in [0.717, 1.165) is 16.7 Å². The highest BCUT2D eigenvalue weighted by Crippen LogP contribution is 2.20. The molecule has 0 aliphatic rings. The summed E-state index contributed by atoms with van der Waals surface area (Å²) in [5, 5.41) is 3.42. The highest BCUT2D eigenvalue weighted by molar-refractivity contribution is 7.89. The second kappa shape index (κ2) is 9.89. The van der Waals surface area contributed by atoms with E-state index < -0.39 is 10.0 Å². The number of carbonyl (C=O) groups excluding carboxylic acids is 1. The van der Waals surface area contributed by atoms with Crippen LogP contribution in [0.1, 0.15) is 23.1 Å². The molecule has 0 spiro atoms. The van der Waals surface area contributed by atoms with E-state index in [2.05, 4.69) is 10.0 Å². The van der Waals surface area contributed by atoms with Crippen LogP contribution in [0.15, 0.2) is 77.7 Å². The highest BCUT2D eigenvalue weighted by atomic mass is 35.5. The van der Waals surface area contributed by atoms with Crippen molar-refractivity contribution in [1.29, 1.82) is 0 Å². The van der Waals surface area contributed by atoms with Gasteiger partial charge >= 0.3 is 0 Å². The summed E-state index contributed by atoms with van der Waals surface area (Å²) in [5.74, 6) is -0.124. The van der Waals surface area contributed by atoms with Crippen LogP contribution in [0.3, 0.4) is 0 Å². The average Bonchev–Trinajstić information content (AvgIpc) is 2.74. The molecule has 30 heavy (non-hydrogen) atoms. The molecule has 0 aliphatic carbocycles. The number of nitrogens with one attached hydrogen (secondary N) is 2. The number of aryl methyl sites for hydroxylation is 2. The fraction of sp³-hybridized carbons (Fsp3) is 0.174. The summed E-state index contributed by atoms with van der Waals surface area (Å²) in [7, 11) is -3.60. The second-order valence-electron chi connectivity index (χ2n) is 6.96. The molecule has 0 aliphatic heterocycles. The first-order chi connectivity index (χ1) is 14.3. The molecular formula is C23H23ClN2O3S. The van der Waals surface area contributed by atoms with Gasteiger partial charge in [-0.15, -0.1) is 0 Å². The zero-order valence-corrected chi connectivity index (χ0v) is 18.1. The average molecular weight is 443 g/mol. The van der Waals surface area contributed by atoms with Gasteiger partial charge in [-0.3, -0.25) is 4.79 Å². The molecule has 0 saturated carbocycles. The van der Waals surface area contributed by atoms with Gasteiger partial charge in [-0.2, -0.15) is 0 Å². The first kappa shape index (κ1) is 22.0. The van der Waals surface area contributed by atoms with E-state index in [-0.39, 0.29) is 23.8 Å². The van der Waals surface area contributed by atoms with Crippen LogP contribution in [-0.4, -0.2) is 14.3 Å². The Morgan fingerprint density at radius 1 is 0.933 bits per heavy atom. The normalized spacial score (nSPS) is 11.3. The predicted molar refractivity (Wildman–Crippen MR) is 120 cm³/mol. The van der Waals surface area contributed by atoms with Crippen molar-refractivity contribution in [1.82, 2.24) is 4.72 Å². The van der Waals surface area contributed by atoms with Crippen molar-refractivity contribution in [2.75, 3.05) is 5.32 Å². The third-order valence-corrected chi connectivity index (χ3v) is 6.31. The van der Waals surface area contributed by atoms with Crippen molar-refractivity contribution in [2.24, 2.45) is 0 Å². The van der Waals surface area contributed by atoms with E-state index in [1.807, 2.05) is 43.3 Å². The lowest BCUT2D eigenvalue weighted by molar-refractivity contribution is -0.116. The number of hydrogen-bond donors (Lipinski definition) is 2. The van der Waals surface area contributed by atoms with Gasteiger partial charge in [0, 0.05) is 23.7 Å². The summed E-state index contributed by atoms with van der Waals surface area (Å²) in [6, 6.07) is 21.3. The molecule has 3 aromatic rings. The van der Waals surface area contributed by atoms with Crippen molar-refractivity contribution in [2.45, 2.75) is 31.2 Å². The minimum Gasteiger partial charge on any atom is -0.326 e. The van der Waals surface area contributed by atoms with Gasteiger partial charge in [0.05, 0.1) is 4.90 Å². The first-order valence-electron chi connectivity index (χ1n) is 9.52. The zero-order valence-electron chi connectivity index (χ0n) is 16.6. The molecule has 3 aromatic carbocycles. The largest absolute Gasteiger partial charge is 0.326 e. The molecule has 0 heterocycles. The lowest BCUT2D eigenvalue weighted by Gasteiger charge is -2.10. The van der Waals surface area contributed by atoms with Gasteiger partial charge in [-0.25, -0.2) is 13.1 Å². The predicted octanol–water partition coefficient (Wildman–Crippen LogP) is 4.70. The molecule has 1 amide bonds. The molecule has 7 heteroatoms. The summed E-state index contributed by atoms with van der Waals surface area (Å²) in [5.41, 5.74) is 3.40. The Morgan fingerprint density at radius 2 is 1.63 bits per heavy atom. The van der Waals surface area contributed by atoms with E-state index >= 15 is 0 Å². The summed E-state index contributed by atoms with van der Waals surface area (Å²) in [6.07, 6.45) is 0.785. The van der Waals surface area contributed by atoms with Gasteiger partial charge in [0.2, 0.25) is 15.9 Å². The van der Waals surface area contributed by atoms with Crippen LogP contribution in [0.4, 0.5) is 5.69 Å². The molecule has 156 valence electrons. The molecule has 0 bridgehead atoms. The van der Waals surface area contributed by atoms with Crippen molar-refractivity contribution in [3.63, 3.8) is 0 Å². The molecule has 0 fully saturated rings. The summed E-state index contributed by atoms with van der Waals surface area (Å²) >= 11 is 5.98. The van der Waals surface area contributed by atoms with Gasteiger partial charge in [0.25, 0.3) is 0 Å². The van der Waals surface area contributed by atoms with Crippen molar-refractivity contribution >= 4 is 33.2 Å². The van der Waals surface area contributed by atoms with Crippen LogP contribution >= 0.6 is 11.6 Å². The summed E-state index contributed by atoms with van der Waals surface area (Å²) < 4.78 is 27.5. The number of hydrogen-bond acceptors (Lipinski definition) is 3. The van der Waals surface area contributed by atoms with Gasteiger partial charge in [-0.1, -0.05) is 60.1 Å². The number of amides is 1. The minimum absolute atomic E-state index is 0.124. The smallest absolute Gasteiger partial charge is 0.240 e. The first-order valence-corrected chi connectivity index (χ1v) is 11.4. The quantitative estimate of drug-likeness (QED) is 0.531. The maximum absolute atomic E-state index is 12.5. The van der Waals surface area contributed by atoms with Gasteiger partial charge < -0.3 is 5.32 Å². The fourth-order valence-corrected chi connectivity index (χ4v) is 4.08. The lowest BCUT2D eigenvalue weighted by atomic mass is 10.1. The van der Waals surface area contributed by atoms with Crippen LogP contribution in [0.25, 0.3) is 0 Å². The van der Waals surface area contributed by atoms with Gasteiger partial charge in [0.15, 0.2) is 0 Å². The zero-order chi connectivity index (χ0) is 21.6. The highest BCUT2D eigenvalue weighted by Gasteiger charge is 2.14. The number of sulfonamides is 1. The molecule has 5 nitrogen and oxygen atoms in total. The Morgan fingerprint density at radius 3 is 2.33 bits per heavy atom. The Labute approximate surface area is 182 Å². The van der Waals surface area contributed by atoms with Gasteiger partial charge in [0.1, 0.15) is 0 Å². The monoisotopic (exact) mass is 442 g/mol. The number of halogens is 1. The Kier molecular flexibility index (Phi) is 7.26. The van der Waals surface area contributed by atoms with Crippen LogP contribution in [0.5, 0.6) is 0 Å². The van der Waals surface area contributed by atoms with E-state index in [0.29, 0.717) is 17.1 Å². The van der Waals surface area contributed by atoms with Crippen LogP contribution in [-0.2, 0) is 27.8 Å². The maximum Gasteiger partial charge on any atom is 0.240 e. The minimum atomic E-state index is -3.60. The summed E-state index contributed by atoms with van der Waals surface area (Å²) in [4.78, 5) is 12.4. The molecule has 0 aromatic heterocycles. The fourth-order valence-electron chi connectivity index (χ4n) is 2.89. The molecule has 0 atom stereocenters. The second-order valence-corrected chi connectivity index (χ2v) is 9.16. The van der Waals surface area contributed by atoms with E-state index in [1.165, 1.54) is 0 Å². The molecule has 0 saturated heterocycles. The Hall–Kier alpha value is -2.67. The number of rotatable bonds is 8. The molecule has 0 radical (unpaired) electrons. The van der Waals surface area contributed by atoms with Crippen molar-refractivity contribution in [3.05, 3.63) is 94.5 Å². The number of benzene rings is 3. The van der Waals surface area contributed by atoms with Crippen LogP contribution in [0.2, 0.25) is 5.02 Å². The molecule has 3 rings (SSSR count). The number of carbonyl (C=O) groups is 1. The summed E-state index contributed by atoms with van der Waals surface area (Å²) in [6.45, 7) is 2.13. The van der Waals surface area contributed by atoms with Crippen LogP contribution in [0, 0.1) is 6.92 Å². The molecule has 2 N–H and O–H groups in total. The van der Waals surface area contributed by atoms with Crippen LogP contribution < -0.4 is 10.0 Å².